The van der Waals surface area contributed by atoms with Crippen LogP contribution in [0.15, 0.2) is 59.3 Å². The number of anilines is 1. The summed E-state index contributed by atoms with van der Waals surface area (Å²) in [5.74, 6) is 1.17. The SMILES string of the molecule is Fc1cccc(Cn2ccc(NC(=S)NCc3ccco3)n2)c1. The molecule has 0 amide bonds. The molecule has 118 valence electrons. The van der Waals surface area contributed by atoms with Crippen molar-refractivity contribution in [3.63, 3.8) is 0 Å². The Hall–Kier alpha value is -2.67. The lowest BCUT2D eigenvalue weighted by molar-refractivity contribution is 0.503. The van der Waals surface area contributed by atoms with Crippen molar-refractivity contribution in [2.45, 2.75) is 13.1 Å². The summed E-state index contributed by atoms with van der Waals surface area (Å²) in [6.07, 6.45) is 3.42. The lowest BCUT2D eigenvalue weighted by Crippen LogP contribution is -2.27. The van der Waals surface area contributed by atoms with E-state index in [2.05, 4.69) is 15.7 Å². The quantitative estimate of drug-likeness (QED) is 0.704. The van der Waals surface area contributed by atoms with Crippen LogP contribution in [0.3, 0.4) is 0 Å². The van der Waals surface area contributed by atoms with Crippen LogP contribution in [-0.4, -0.2) is 14.9 Å². The van der Waals surface area contributed by atoms with Gasteiger partial charge in [-0.15, -0.1) is 0 Å². The first-order valence-corrected chi connectivity index (χ1v) is 7.45. The van der Waals surface area contributed by atoms with Gasteiger partial charge in [0.1, 0.15) is 11.6 Å². The van der Waals surface area contributed by atoms with E-state index in [0.29, 0.717) is 24.0 Å². The Labute approximate surface area is 138 Å². The largest absolute Gasteiger partial charge is 0.467 e. The van der Waals surface area contributed by atoms with E-state index in [9.17, 15) is 4.39 Å². The highest BCUT2D eigenvalue weighted by Gasteiger charge is 2.04. The molecule has 0 aliphatic heterocycles. The van der Waals surface area contributed by atoms with Crippen LogP contribution >= 0.6 is 12.2 Å². The molecule has 0 radical (unpaired) electrons. The molecule has 7 heteroatoms. The molecule has 0 atom stereocenters. The lowest BCUT2D eigenvalue weighted by Gasteiger charge is -2.07. The third kappa shape index (κ3) is 4.40. The number of hydrogen-bond donors (Lipinski definition) is 2. The fraction of sp³-hybridized carbons (Fsp3) is 0.125. The summed E-state index contributed by atoms with van der Waals surface area (Å²) in [4.78, 5) is 0. The Balaban J connectivity index is 1.53. The normalized spacial score (nSPS) is 10.5. The summed E-state index contributed by atoms with van der Waals surface area (Å²) < 4.78 is 20.1. The number of halogens is 1. The molecule has 0 saturated carbocycles. The molecule has 1 aromatic carbocycles. The van der Waals surface area contributed by atoms with Crippen LogP contribution in [0.1, 0.15) is 11.3 Å². The van der Waals surface area contributed by atoms with Gasteiger partial charge in [0.05, 0.1) is 19.4 Å². The Morgan fingerprint density at radius 2 is 2.17 bits per heavy atom. The zero-order valence-electron chi connectivity index (χ0n) is 12.2. The molecule has 0 aliphatic rings. The predicted molar refractivity (Wildman–Crippen MR) is 89.5 cm³/mol. The van der Waals surface area contributed by atoms with Gasteiger partial charge in [0, 0.05) is 12.3 Å². The molecule has 0 bridgehead atoms. The molecule has 23 heavy (non-hydrogen) atoms. The summed E-state index contributed by atoms with van der Waals surface area (Å²) >= 11 is 5.20. The van der Waals surface area contributed by atoms with E-state index in [1.54, 1.807) is 23.1 Å². The van der Waals surface area contributed by atoms with Crippen molar-refractivity contribution in [2.75, 3.05) is 5.32 Å². The minimum absolute atomic E-state index is 0.253. The molecule has 0 fully saturated rings. The van der Waals surface area contributed by atoms with E-state index in [0.717, 1.165) is 11.3 Å². The highest BCUT2D eigenvalue weighted by atomic mass is 32.1. The molecule has 0 unspecified atom stereocenters. The molecular weight excluding hydrogens is 315 g/mol. The standard InChI is InChI=1S/C16H15FN4OS/c17-13-4-1-3-12(9-13)11-21-7-6-15(20-21)19-16(23)18-10-14-5-2-8-22-14/h1-9H,10-11H2,(H2,18,19,20,23). The number of nitrogens with one attached hydrogen (secondary N) is 2. The minimum Gasteiger partial charge on any atom is -0.467 e. The maximum atomic E-state index is 13.2. The second kappa shape index (κ2) is 7.06. The molecule has 0 saturated heterocycles. The van der Waals surface area contributed by atoms with Crippen molar-refractivity contribution in [3.05, 3.63) is 72.1 Å². The Morgan fingerprint density at radius 1 is 1.26 bits per heavy atom. The molecule has 2 heterocycles. The molecule has 0 aliphatic carbocycles. The van der Waals surface area contributed by atoms with Gasteiger partial charge in [0.25, 0.3) is 0 Å². The number of furan rings is 1. The van der Waals surface area contributed by atoms with Gasteiger partial charge in [-0.2, -0.15) is 5.10 Å². The first kappa shape index (κ1) is 15.2. The summed E-state index contributed by atoms with van der Waals surface area (Å²) in [5, 5.41) is 10.8. The third-order valence-corrected chi connectivity index (χ3v) is 3.37. The van der Waals surface area contributed by atoms with Crippen LogP contribution < -0.4 is 10.6 Å². The monoisotopic (exact) mass is 330 g/mol. The maximum Gasteiger partial charge on any atom is 0.172 e. The number of nitrogens with zero attached hydrogens (tertiary/aromatic N) is 2. The predicted octanol–water partition coefficient (Wildman–Crippen LogP) is 3.15. The van der Waals surface area contributed by atoms with E-state index in [-0.39, 0.29) is 5.82 Å². The zero-order valence-corrected chi connectivity index (χ0v) is 13.0. The number of rotatable bonds is 5. The minimum atomic E-state index is -0.253. The smallest absolute Gasteiger partial charge is 0.172 e. The Morgan fingerprint density at radius 3 is 2.96 bits per heavy atom. The highest BCUT2D eigenvalue weighted by Crippen LogP contribution is 2.08. The topological polar surface area (TPSA) is 55.0 Å². The first-order chi connectivity index (χ1) is 11.2. The van der Waals surface area contributed by atoms with E-state index in [1.807, 2.05) is 24.4 Å². The van der Waals surface area contributed by atoms with Crippen molar-refractivity contribution >= 4 is 23.1 Å². The number of aromatic nitrogens is 2. The van der Waals surface area contributed by atoms with E-state index >= 15 is 0 Å². The number of benzene rings is 1. The van der Waals surface area contributed by atoms with E-state index in [4.69, 9.17) is 16.6 Å². The molecule has 3 aromatic rings. The van der Waals surface area contributed by atoms with Crippen molar-refractivity contribution in [1.82, 2.24) is 15.1 Å². The highest BCUT2D eigenvalue weighted by molar-refractivity contribution is 7.80. The molecular formula is C16H15FN4OS. The van der Waals surface area contributed by atoms with E-state index < -0.39 is 0 Å². The Kier molecular flexibility index (Phi) is 4.68. The molecule has 3 rings (SSSR count). The second-order valence-electron chi connectivity index (χ2n) is 4.92. The molecule has 2 aromatic heterocycles. The molecule has 5 nitrogen and oxygen atoms in total. The van der Waals surface area contributed by atoms with Crippen molar-refractivity contribution < 1.29 is 8.81 Å². The van der Waals surface area contributed by atoms with Gasteiger partial charge >= 0.3 is 0 Å². The summed E-state index contributed by atoms with van der Waals surface area (Å²) in [5.41, 5.74) is 0.846. The van der Waals surface area contributed by atoms with Gasteiger partial charge in [0.15, 0.2) is 10.9 Å². The average molecular weight is 330 g/mol. The van der Waals surface area contributed by atoms with Gasteiger partial charge in [-0.05, 0) is 42.0 Å². The van der Waals surface area contributed by atoms with Gasteiger partial charge < -0.3 is 15.1 Å². The van der Waals surface area contributed by atoms with Crippen LogP contribution in [-0.2, 0) is 13.1 Å². The van der Waals surface area contributed by atoms with Crippen LogP contribution in [0, 0.1) is 5.82 Å². The maximum absolute atomic E-state index is 13.2. The second-order valence-corrected chi connectivity index (χ2v) is 5.32. The Bertz CT molecular complexity index is 785. The number of thiocarbonyl (C=S) groups is 1. The van der Waals surface area contributed by atoms with Gasteiger partial charge in [-0.25, -0.2) is 4.39 Å². The molecule has 0 spiro atoms. The van der Waals surface area contributed by atoms with Crippen molar-refractivity contribution in [3.8, 4) is 0 Å². The van der Waals surface area contributed by atoms with Gasteiger partial charge in [0.2, 0.25) is 0 Å². The first-order valence-electron chi connectivity index (χ1n) is 7.04. The van der Waals surface area contributed by atoms with Crippen LogP contribution in [0.5, 0.6) is 0 Å². The van der Waals surface area contributed by atoms with Gasteiger partial charge in [-0.3, -0.25) is 4.68 Å². The van der Waals surface area contributed by atoms with Crippen LogP contribution in [0.4, 0.5) is 10.2 Å². The summed E-state index contributed by atoms with van der Waals surface area (Å²) in [7, 11) is 0. The van der Waals surface area contributed by atoms with E-state index in [1.165, 1.54) is 12.1 Å². The number of hydrogen-bond acceptors (Lipinski definition) is 3. The van der Waals surface area contributed by atoms with Crippen LogP contribution in [0.25, 0.3) is 0 Å². The fourth-order valence-electron chi connectivity index (χ4n) is 2.08. The summed E-state index contributed by atoms with van der Waals surface area (Å²) in [6.45, 7) is 0.995. The fourth-order valence-corrected chi connectivity index (χ4v) is 2.26. The summed E-state index contributed by atoms with van der Waals surface area (Å²) in [6, 6.07) is 11.9. The lowest BCUT2D eigenvalue weighted by atomic mass is 10.2. The molecule has 2 N–H and O–H groups in total. The van der Waals surface area contributed by atoms with Crippen molar-refractivity contribution in [1.29, 1.82) is 0 Å². The zero-order chi connectivity index (χ0) is 16.1. The van der Waals surface area contributed by atoms with Crippen LogP contribution in [0.2, 0.25) is 0 Å². The average Bonchev–Trinajstić information content (AvgIpc) is 3.17. The van der Waals surface area contributed by atoms with Gasteiger partial charge in [-0.1, -0.05) is 12.1 Å². The van der Waals surface area contributed by atoms with Crippen molar-refractivity contribution in [2.24, 2.45) is 0 Å². The third-order valence-electron chi connectivity index (χ3n) is 3.12.